The molecule has 1 aliphatic carbocycles. The molecule has 0 saturated carbocycles. The van der Waals surface area contributed by atoms with Crippen LogP contribution in [-0.2, 0) is 12.8 Å². The normalized spacial score (nSPS) is 13.4. The molecule has 31 heavy (non-hydrogen) atoms. The molecule has 0 bridgehead atoms. The van der Waals surface area contributed by atoms with E-state index in [1.165, 1.54) is 24.3 Å². The summed E-state index contributed by atoms with van der Waals surface area (Å²) in [6.07, 6.45) is 4.80. The van der Waals surface area contributed by atoms with Gasteiger partial charge in [-0.15, -0.1) is 0 Å². The van der Waals surface area contributed by atoms with Gasteiger partial charge in [0.1, 0.15) is 24.0 Å². The fraction of sp³-hybridized carbons (Fsp3) is 0.333. The molecule has 5 nitrogen and oxygen atoms in total. The zero-order chi connectivity index (χ0) is 21.8. The minimum absolute atomic E-state index is 0.165. The van der Waals surface area contributed by atoms with Gasteiger partial charge >= 0.3 is 0 Å². The van der Waals surface area contributed by atoms with Crippen molar-refractivity contribution in [1.82, 2.24) is 14.7 Å². The Balaban J connectivity index is 1.52. The van der Waals surface area contributed by atoms with E-state index in [4.69, 9.17) is 4.74 Å². The lowest BCUT2D eigenvalue weighted by molar-refractivity contribution is 0.0766. The number of carbonyl (C=O) groups is 1. The van der Waals surface area contributed by atoms with Crippen molar-refractivity contribution in [3.8, 4) is 11.4 Å². The second-order valence-corrected chi connectivity index (χ2v) is 7.75. The molecule has 0 radical (unpaired) electrons. The molecule has 0 spiro atoms. The zero-order valence-corrected chi connectivity index (χ0v) is 17.5. The molecule has 4 rings (SSSR count). The fourth-order valence-electron chi connectivity index (χ4n) is 3.86. The highest BCUT2D eigenvalue weighted by Crippen LogP contribution is 2.27. The minimum Gasteiger partial charge on any atom is -0.492 e. The van der Waals surface area contributed by atoms with Gasteiger partial charge in [0.25, 0.3) is 5.91 Å². The van der Waals surface area contributed by atoms with Crippen LogP contribution in [0.3, 0.4) is 0 Å². The van der Waals surface area contributed by atoms with E-state index < -0.39 is 0 Å². The molecule has 0 aliphatic heterocycles. The Labute approximate surface area is 180 Å². The van der Waals surface area contributed by atoms with Crippen LogP contribution in [0.4, 0.5) is 8.78 Å². The minimum atomic E-state index is -0.322. The monoisotopic (exact) mass is 425 g/mol. The van der Waals surface area contributed by atoms with Crippen molar-refractivity contribution in [2.45, 2.75) is 32.1 Å². The Morgan fingerprint density at radius 2 is 1.65 bits per heavy atom. The molecule has 0 fully saturated rings. The lowest BCUT2D eigenvalue weighted by atomic mass is 10.1. The van der Waals surface area contributed by atoms with Crippen molar-refractivity contribution < 1.29 is 18.3 Å². The molecule has 1 aliphatic rings. The zero-order valence-electron chi connectivity index (χ0n) is 17.5. The van der Waals surface area contributed by atoms with E-state index in [2.05, 4.69) is 5.10 Å². The number of carbonyl (C=O) groups excluding carboxylic acids is 1. The van der Waals surface area contributed by atoms with Crippen LogP contribution in [0, 0.1) is 11.6 Å². The number of rotatable bonds is 6. The lowest BCUT2D eigenvalue weighted by Crippen LogP contribution is -2.31. The van der Waals surface area contributed by atoms with Crippen LogP contribution in [0.15, 0.2) is 48.5 Å². The summed E-state index contributed by atoms with van der Waals surface area (Å²) in [5.74, 6) is -0.241. The standard InChI is InChI=1S/C24H25F2N3O2/c1-28(15-16-31-20-13-9-18(26)10-14-20)24(30)23-21-5-3-2-4-6-22(21)29(27-23)19-11-7-17(25)8-12-19/h7-14H,2-6,15-16H2,1H3. The SMILES string of the molecule is CN(CCOc1ccc(F)cc1)C(=O)c1nn(-c2ccc(F)cc2)c2c1CCCCC2. The van der Waals surface area contributed by atoms with E-state index in [1.54, 1.807) is 40.9 Å². The first-order valence-electron chi connectivity index (χ1n) is 10.5. The molecule has 1 heterocycles. The Morgan fingerprint density at radius 1 is 1.00 bits per heavy atom. The van der Waals surface area contributed by atoms with Crippen LogP contribution in [-0.4, -0.2) is 40.8 Å². The summed E-state index contributed by atoms with van der Waals surface area (Å²) in [4.78, 5) is 14.8. The van der Waals surface area contributed by atoms with Crippen molar-refractivity contribution in [2.75, 3.05) is 20.2 Å². The number of nitrogens with zero attached hydrogens (tertiary/aromatic N) is 3. The third-order valence-electron chi connectivity index (χ3n) is 5.56. The van der Waals surface area contributed by atoms with Gasteiger partial charge < -0.3 is 9.64 Å². The number of hydrogen-bond acceptors (Lipinski definition) is 3. The van der Waals surface area contributed by atoms with Gasteiger partial charge in [0.2, 0.25) is 0 Å². The van der Waals surface area contributed by atoms with Crippen LogP contribution in [0.2, 0.25) is 0 Å². The molecule has 0 saturated heterocycles. The summed E-state index contributed by atoms with van der Waals surface area (Å²) in [7, 11) is 1.72. The van der Waals surface area contributed by atoms with E-state index in [0.717, 1.165) is 49.0 Å². The lowest BCUT2D eigenvalue weighted by Gasteiger charge is -2.17. The molecule has 0 atom stereocenters. The van der Waals surface area contributed by atoms with Crippen LogP contribution < -0.4 is 4.74 Å². The van der Waals surface area contributed by atoms with Crippen LogP contribution in [0.1, 0.15) is 41.0 Å². The van der Waals surface area contributed by atoms with E-state index in [0.29, 0.717) is 18.0 Å². The molecule has 1 amide bonds. The number of likely N-dealkylation sites (N-methyl/N-ethyl adjacent to an activating group) is 1. The number of benzene rings is 2. The van der Waals surface area contributed by atoms with Crippen molar-refractivity contribution in [1.29, 1.82) is 0 Å². The number of amides is 1. The summed E-state index contributed by atoms with van der Waals surface area (Å²) < 4.78 is 33.8. The number of aromatic nitrogens is 2. The molecule has 2 aromatic carbocycles. The van der Waals surface area contributed by atoms with Crippen molar-refractivity contribution in [3.05, 3.63) is 77.1 Å². The maximum absolute atomic E-state index is 13.4. The van der Waals surface area contributed by atoms with E-state index in [9.17, 15) is 13.6 Å². The smallest absolute Gasteiger partial charge is 0.274 e. The molecule has 0 unspecified atom stereocenters. The third-order valence-corrected chi connectivity index (χ3v) is 5.56. The molecule has 0 N–H and O–H groups in total. The second-order valence-electron chi connectivity index (χ2n) is 7.75. The summed E-state index contributed by atoms with van der Waals surface area (Å²) >= 11 is 0. The van der Waals surface area contributed by atoms with Gasteiger partial charge in [-0.05, 0) is 74.2 Å². The topological polar surface area (TPSA) is 47.4 Å². The van der Waals surface area contributed by atoms with Gasteiger partial charge in [-0.2, -0.15) is 5.10 Å². The maximum Gasteiger partial charge on any atom is 0.274 e. The molecule has 3 aromatic rings. The van der Waals surface area contributed by atoms with Gasteiger partial charge in [-0.25, -0.2) is 13.5 Å². The van der Waals surface area contributed by atoms with Crippen molar-refractivity contribution >= 4 is 5.91 Å². The van der Waals surface area contributed by atoms with Gasteiger partial charge in [-0.3, -0.25) is 4.79 Å². The Morgan fingerprint density at radius 3 is 2.35 bits per heavy atom. The van der Waals surface area contributed by atoms with Gasteiger partial charge in [-0.1, -0.05) is 6.42 Å². The summed E-state index contributed by atoms with van der Waals surface area (Å²) in [5, 5.41) is 4.65. The first-order chi connectivity index (χ1) is 15.0. The molecular formula is C24H25F2N3O2. The average molecular weight is 425 g/mol. The van der Waals surface area contributed by atoms with Gasteiger partial charge in [0.15, 0.2) is 5.69 Å². The summed E-state index contributed by atoms with van der Waals surface area (Å²) in [6.45, 7) is 0.656. The summed E-state index contributed by atoms with van der Waals surface area (Å²) in [5.41, 5.74) is 3.22. The molecule has 162 valence electrons. The number of fused-ring (bicyclic) bond motifs is 1. The first-order valence-corrected chi connectivity index (χ1v) is 10.5. The van der Waals surface area contributed by atoms with Gasteiger partial charge in [0.05, 0.1) is 12.2 Å². The highest BCUT2D eigenvalue weighted by atomic mass is 19.1. The number of ether oxygens (including phenoxy) is 1. The van der Waals surface area contributed by atoms with Crippen molar-refractivity contribution in [3.63, 3.8) is 0 Å². The highest BCUT2D eigenvalue weighted by Gasteiger charge is 2.26. The average Bonchev–Trinajstić information content (AvgIpc) is 2.96. The predicted octanol–water partition coefficient (Wildman–Crippen LogP) is 4.57. The maximum atomic E-state index is 13.4. The van der Waals surface area contributed by atoms with Crippen molar-refractivity contribution in [2.24, 2.45) is 0 Å². The van der Waals surface area contributed by atoms with E-state index in [-0.39, 0.29) is 24.1 Å². The highest BCUT2D eigenvalue weighted by molar-refractivity contribution is 5.94. The number of hydrogen-bond donors (Lipinski definition) is 0. The Hall–Kier alpha value is -3.22. The predicted molar refractivity (Wildman–Crippen MR) is 114 cm³/mol. The van der Waals surface area contributed by atoms with Crippen LogP contribution >= 0.6 is 0 Å². The van der Waals surface area contributed by atoms with Crippen LogP contribution in [0.5, 0.6) is 5.75 Å². The Bertz CT molecular complexity index is 1050. The van der Waals surface area contributed by atoms with E-state index >= 15 is 0 Å². The first kappa shape index (κ1) is 21.0. The largest absolute Gasteiger partial charge is 0.492 e. The van der Waals surface area contributed by atoms with Gasteiger partial charge in [0, 0.05) is 18.3 Å². The quantitative estimate of drug-likeness (QED) is 0.544. The van der Waals surface area contributed by atoms with E-state index in [1.807, 2.05) is 0 Å². The molecule has 7 heteroatoms. The molecular weight excluding hydrogens is 400 g/mol. The second kappa shape index (κ2) is 9.29. The summed E-state index contributed by atoms with van der Waals surface area (Å²) in [6, 6.07) is 12.0. The van der Waals surface area contributed by atoms with Crippen LogP contribution in [0.25, 0.3) is 5.69 Å². The third kappa shape index (κ3) is 4.76. The number of halogens is 2. The fourth-order valence-corrected chi connectivity index (χ4v) is 3.86. The Kier molecular flexibility index (Phi) is 6.30. The molecule has 1 aromatic heterocycles.